The van der Waals surface area contributed by atoms with E-state index in [0.717, 1.165) is 31.4 Å². The normalized spacial score (nSPS) is 10.1. The minimum atomic E-state index is -0.431. The molecule has 0 aliphatic rings. The Morgan fingerprint density at radius 1 is 1.13 bits per heavy atom. The molecule has 1 aromatic heterocycles. The Morgan fingerprint density at radius 3 is 2.35 bits per heavy atom. The summed E-state index contributed by atoms with van der Waals surface area (Å²) in [6, 6.07) is 12.1. The largest absolute Gasteiger partial charge is 0.473 e. The molecule has 2 aromatic rings. The highest BCUT2D eigenvalue weighted by Crippen LogP contribution is 2.26. The fourth-order valence-corrected chi connectivity index (χ4v) is 3.02. The summed E-state index contributed by atoms with van der Waals surface area (Å²) < 4.78 is 24.1. The first-order valence-electron chi connectivity index (χ1n) is 10.9. The maximum Gasteiger partial charge on any atom is 0.305 e. The van der Waals surface area contributed by atoms with Gasteiger partial charge >= 0.3 is 5.97 Å². The zero-order valence-electron chi connectivity index (χ0n) is 19.0. The van der Waals surface area contributed by atoms with E-state index in [9.17, 15) is 9.18 Å². The van der Waals surface area contributed by atoms with Gasteiger partial charge in [-0.15, -0.1) is 0 Å². The molecular weight excluding hydrogens is 395 g/mol. The van der Waals surface area contributed by atoms with E-state index in [1.807, 2.05) is 18.2 Å². The molecule has 0 aliphatic carbocycles. The van der Waals surface area contributed by atoms with Gasteiger partial charge in [-0.2, -0.15) is 5.26 Å². The van der Waals surface area contributed by atoms with Crippen molar-refractivity contribution in [2.75, 3.05) is 6.61 Å². The number of carbonyl (C=O) groups excluding carboxylic acids is 1. The van der Waals surface area contributed by atoms with E-state index in [2.05, 4.69) is 23.6 Å². The number of carbonyl (C=O) groups is 1. The molecule has 0 bridgehead atoms. The minimum absolute atomic E-state index is 0.0974. The summed E-state index contributed by atoms with van der Waals surface area (Å²) in [5, 5.41) is 8.77. The highest BCUT2D eigenvalue weighted by atomic mass is 19.1. The van der Waals surface area contributed by atoms with Gasteiger partial charge in [0.15, 0.2) is 0 Å². The Kier molecular flexibility index (Phi) is 12.6. The summed E-state index contributed by atoms with van der Waals surface area (Å²) in [7, 11) is 0. The second-order valence-corrected chi connectivity index (χ2v) is 7.04. The lowest BCUT2D eigenvalue weighted by atomic mass is 9.94. The zero-order chi connectivity index (χ0) is 23.1. The molecule has 0 radical (unpaired) electrons. The second kappa shape index (κ2) is 15.0. The van der Waals surface area contributed by atoms with Gasteiger partial charge in [-0.05, 0) is 38.0 Å². The van der Waals surface area contributed by atoms with E-state index in [0.29, 0.717) is 36.0 Å². The van der Waals surface area contributed by atoms with Crippen LogP contribution in [0, 0.1) is 17.1 Å². The van der Waals surface area contributed by atoms with Crippen molar-refractivity contribution in [1.29, 1.82) is 5.26 Å². The third-order valence-corrected chi connectivity index (χ3v) is 4.59. The van der Waals surface area contributed by atoms with Crippen LogP contribution in [-0.4, -0.2) is 17.6 Å². The van der Waals surface area contributed by atoms with Crippen LogP contribution < -0.4 is 4.74 Å². The standard InChI is InChI=1S/C20H23FN2O.C5H10O2/c1-3-6-16(7-4-2)19-8-5-9-20(23-19)24-14-17-11-10-15(13-22)12-18(17)21;1-3-5(6)7-4-2/h5,8-12,16H,3-4,6-7,14H2,1-2H3;3-4H2,1-2H3. The van der Waals surface area contributed by atoms with Crippen molar-refractivity contribution < 1.29 is 18.7 Å². The molecule has 0 fully saturated rings. The minimum Gasteiger partial charge on any atom is -0.473 e. The summed E-state index contributed by atoms with van der Waals surface area (Å²) >= 11 is 0. The number of hydrogen-bond donors (Lipinski definition) is 0. The van der Waals surface area contributed by atoms with Crippen LogP contribution in [0.1, 0.15) is 82.5 Å². The van der Waals surface area contributed by atoms with Crippen LogP contribution in [0.5, 0.6) is 5.88 Å². The number of ether oxygens (including phenoxy) is 2. The number of esters is 1. The third-order valence-electron chi connectivity index (χ3n) is 4.59. The lowest BCUT2D eigenvalue weighted by Gasteiger charge is -2.15. The van der Waals surface area contributed by atoms with Crippen LogP contribution in [0.2, 0.25) is 0 Å². The molecule has 6 heteroatoms. The molecule has 1 aromatic carbocycles. The van der Waals surface area contributed by atoms with Crippen molar-refractivity contribution >= 4 is 5.97 Å². The molecule has 0 amide bonds. The van der Waals surface area contributed by atoms with Crippen molar-refractivity contribution in [3.8, 4) is 11.9 Å². The van der Waals surface area contributed by atoms with Crippen molar-refractivity contribution in [3.63, 3.8) is 0 Å². The maximum absolute atomic E-state index is 13.9. The predicted molar refractivity (Wildman–Crippen MR) is 119 cm³/mol. The zero-order valence-corrected chi connectivity index (χ0v) is 19.0. The fraction of sp³-hybridized carbons (Fsp3) is 0.480. The van der Waals surface area contributed by atoms with Crippen molar-refractivity contribution in [2.45, 2.75) is 72.3 Å². The van der Waals surface area contributed by atoms with Gasteiger partial charge in [-0.1, -0.05) is 45.7 Å². The molecule has 0 aliphatic heterocycles. The number of nitrogens with zero attached hydrogens (tertiary/aromatic N) is 2. The monoisotopic (exact) mass is 428 g/mol. The topological polar surface area (TPSA) is 72.2 Å². The van der Waals surface area contributed by atoms with Crippen LogP contribution in [0.4, 0.5) is 4.39 Å². The SMILES string of the molecule is CCCC(CCC)c1cccc(OCc2ccc(C#N)cc2F)n1.CCOC(=O)CC. The number of rotatable bonds is 10. The van der Waals surface area contributed by atoms with E-state index in [4.69, 9.17) is 10.00 Å². The van der Waals surface area contributed by atoms with Gasteiger partial charge in [-0.3, -0.25) is 4.79 Å². The Balaban J connectivity index is 0.000000592. The van der Waals surface area contributed by atoms with Crippen molar-refractivity contribution in [2.24, 2.45) is 0 Å². The summed E-state index contributed by atoms with van der Waals surface area (Å²) in [5.74, 6) is 0.395. The predicted octanol–water partition coefficient (Wildman–Crippen LogP) is 6.31. The first kappa shape index (κ1) is 26.1. The van der Waals surface area contributed by atoms with Crippen LogP contribution in [0.25, 0.3) is 0 Å². The van der Waals surface area contributed by atoms with E-state index in [1.165, 1.54) is 6.07 Å². The average molecular weight is 429 g/mol. The highest BCUT2D eigenvalue weighted by Gasteiger charge is 2.12. The van der Waals surface area contributed by atoms with Gasteiger partial charge in [0.25, 0.3) is 0 Å². The van der Waals surface area contributed by atoms with Crippen LogP contribution >= 0.6 is 0 Å². The van der Waals surface area contributed by atoms with Crippen molar-refractivity contribution in [3.05, 3.63) is 59.0 Å². The number of pyridine rings is 1. The first-order chi connectivity index (χ1) is 15.0. The Labute approximate surface area is 185 Å². The fourth-order valence-electron chi connectivity index (χ4n) is 3.02. The molecule has 1 heterocycles. The third kappa shape index (κ3) is 9.61. The summed E-state index contributed by atoms with van der Waals surface area (Å²) in [6.45, 7) is 8.52. The molecule has 0 unspecified atom stereocenters. The molecule has 31 heavy (non-hydrogen) atoms. The van der Waals surface area contributed by atoms with Crippen LogP contribution in [0.15, 0.2) is 36.4 Å². The summed E-state index contributed by atoms with van der Waals surface area (Å²) in [4.78, 5) is 14.8. The number of benzene rings is 1. The first-order valence-corrected chi connectivity index (χ1v) is 10.9. The lowest BCUT2D eigenvalue weighted by Crippen LogP contribution is -2.04. The van der Waals surface area contributed by atoms with Gasteiger partial charge < -0.3 is 9.47 Å². The van der Waals surface area contributed by atoms with Crippen molar-refractivity contribution in [1.82, 2.24) is 4.98 Å². The van der Waals surface area contributed by atoms with E-state index in [-0.39, 0.29) is 12.6 Å². The maximum atomic E-state index is 13.9. The number of nitriles is 1. The molecule has 2 rings (SSSR count). The second-order valence-electron chi connectivity index (χ2n) is 7.04. The van der Waals surface area contributed by atoms with Crippen LogP contribution in [-0.2, 0) is 16.1 Å². The molecule has 0 N–H and O–H groups in total. The molecule has 5 nitrogen and oxygen atoms in total. The van der Waals surface area contributed by atoms with E-state index in [1.54, 1.807) is 32.0 Å². The molecule has 0 atom stereocenters. The number of aromatic nitrogens is 1. The Bertz CT molecular complexity index is 843. The average Bonchev–Trinajstić information content (AvgIpc) is 2.78. The van der Waals surface area contributed by atoms with E-state index >= 15 is 0 Å². The quantitative estimate of drug-likeness (QED) is 0.414. The summed E-state index contributed by atoms with van der Waals surface area (Å²) in [5.41, 5.74) is 1.76. The molecular formula is C25H33FN2O3. The van der Waals surface area contributed by atoms with Gasteiger partial charge in [0, 0.05) is 29.7 Å². The Morgan fingerprint density at radius 2 is 1.84 bits per heavy atom. The van der Waals surface area contributed by atoms with Gasteiger partial charge in [0.2, 0.25) is 5.88 Å². The molecule has 0 spiro atoms. The number of halogens is 1. The molecule has 168 valence electrons. The Hall–Kier alpha value is -2.94. The van der Waals surface area contributed by atoms with Gasteiger partial charge in [0.05, 0.1) is 18.2 Å². The smallest absolute Gasteiger partial charge is 0.305 e. The van der Waals surface area contributed by atoms with Crippen LogP contribution in [0.3, 0.4) is 0 Å². The lowest BCUT2D eigenvalue weighted by molar-refractivity contribution is -0.142. The highest BCUT2D eigenvalue weighted by molar-refractivity contribution is 5.68. The van der Waals surface area contributed by atoms with Gasteiger partial charge in [-0.25, -0.2) is 9.37 Å². The van der Waals surface area contributed by atoms with Gasteiger partial charge in [0.1, 0.15) is 12.4 Å². The number of hydrogen-bond acceptors (Lipinski definition) is 5. The molecule has 0 saturated heterocycles. The van der Waals surface area contributed by atoms with E-state index < -0.39 is 5.82 Å². The summed E-state index contributed by atoms with van der Waals surface area (Å²) in [6.07, 6.45) is 4.93. The molecule has 0 saturated carbocycles.